The van der Waals surface area contributed by atoms with E-state index in [4.69, 9.17) is 9.84 Å². The molecule has 0 saturated heterocycles. The molecule has 2 aromatic rings. The van der Waals surface area contributed by atoms with Crippen molar-refractivity contribution in [2.45, 2.75) is 26.7 Å². The molecule has 5 heteroatoms. The number of hydrogen-bond acceptors (Lipinski definition) is 4. The topological polar surface area (TPSA) is 72.3 Å². The molecule has 0 unspecified atom stereocenters. The van der Waals surface area contributed by atoms with Crippen molar-refractivity contribution >= 4 is 5.97 Å². The molecular formula is C16H18N2O3. The molecule has 1 N–H and O–H groups in total. The number of carboxylic acids is 1. The zero-order valence-electron chi connectivity index (χ0n) is 12.4. The molecule has 0 aliphatic rings. The number of benzene rings is 1. The number of carboxylic acid groups (broad SMARTS) is 1. The van der Waals surface area contributed by atoms with E-state index in [2.05, 4.69) is 9.97 Å². The van der Waals surface area contributed by atoms with Crippen LogP contribution in [-0.4, -0.2) is 28.2 Å². The number of rotatable bonds is 5. The molecule has 1 aromatic heterocycles. The summed E-state index contributed by atoms with van der Waals surface area (Å²) < 4.78 is 5.33. The molecule has 1 aromatic carbocycles. The van der Waals surface area contributed by atoms with Gasteiger partial charge in [-0.25, -0.2) is 9.97 Å². The number of aliphatic carboxylic acids is 1. The maximum Gasteiger partial charge on any atom is 0.303 e. The van der Waals surface area contributed by atoms with Crippen molar-refractivity contribution in [3.63, 3.8) is 0 Å². The largest absolute Gasteiger partial charge is 0.496 e. The first kappa shape index (κ1) is 15.0. The Kier molecular flexibility index (Phi) is 4.52. The van der Waals surface area contributed by atoms with Gasteiger partial charge in [0.15, 0.2) is 5.82 Å². The van der Waals surface area contributed by atoms with Gasteiger partial charge in [-0.1, -0.05) is 12.1 Å². The van der Waals surface area contributed by atoms with Crippen LogP contribution in [0.15, 0.2) is 24.3 Å². The summed E-state index contributed by atoms with van der Waals surface area (Å²) >= 11 is 0. The van der Waals surface area contributed by atoms with Crippen LogP contribution >= 0.6 is 0 Å². The highest BCUT2D eigenvalue weighted by molar-refractivity contribution is 5.67. The molecular weight excluding hydrogens is 268 g/mol. The lowest BCUT2D eigenvalue weighted by Crippen LogP contribution is -2.06. The van der Waals surface area contributed by atoms with E-state index >= 15 is 0 Å². The van der Waals surface area contributed by atoms with Crippen LogP contribution in [0.4, 0.5) is 0 Å². The summed E-state index contributed by atoms with van der Waals surface area (Å²) in [6.07, 6.45) is 0.526. The minimum Gasteiger partial charge on any atom is -0.496 e. The number of ether oxygens (including phenoxy) is 1. The van der Waals surface area contributed by atoms with E-state index in [1.165, 1.54) is 0 Å². The van der Waals surface area contributed by atoms with Gasteiger partial charge in [0.05, 0.1) is 12.7 Å². The molecule has 1 heterocycles. The molecule has 110 valence electrons. The second-order valence-corrected chi connectivity index (χ2v) is 4.79. The van der Waals surface area contributed by atoms with Gasteiger partial charge in [0.25, 0.3) is 0 Å². The maximum atomic E-state index is 10.7. The highest BCUT2D eigenvalue weighted by atomic mass is 16.5. The molecule has 2 rings (SSSR count). The molecule has 21 heavy (non-hydrogen) atoms. The van der Waals surface area contributed by atoms with E-state index in [1.54, 1.807) is 7.11 Å². The standard InChI is InChI=1S/C16H18N2O3/c1-10-12(8-9-15(19)20)11(2)18-16(17-10)13-6-4-5-7-14(13)21-3/h4-7H,8-9H2,1-3H3,(H,19,20). The fourth-order valence-electron chi connectivity index (χ4n) is 2.28. The van der Waals surface area contributed by atoms with Gasteiger partial charge < -0.3 is 9.84 Å². The normalized spacial score (nSPS) is 10.4. The Hall–Kier alpha value is -2.43. The van der Waals surface area contributed by atoms with Crippen molar-refractivity contribution in [3.05, 3.63) is 41.2 Å². The van der Waals surface area contributed by atoms with Gasteiger partial charge in [0.1, 0.15) is 5.75 Å². The van der Waals surface area contributed by atoms with Gasteiger partial charge in [0.2, 0.25) is 0 Å². The van der Waals surface area contributed by atoms with Crippen molar-refractivity contribution in [2.75, 3.05) is 7.11 Å². The van der Waals surface area contributed by atoms with Crippen LogP contribution in [0.2, 0.25) is 0 Å². The first-order valence-electron chi connectivity index (χ1n) is 6.72. The van der Waals surface area contributed by atoms with E-state index < -0.39 is 5.97 Å². The van der Waals surface area contributed by atoms with E-state index in [0.717, 1.165) is 28.3 Å². The highest BCUT2D eigenvalue weighted by Crippen LogP contribution is 2.28. The minimum absolute atomic E-state index is 0.0824. The predicted octanol–water partition coefficient (Wildman–Crippen LogP) is 2.79. The monoisotopic (exact) mass is 286 g/mol. The van der Waals surface area contributed by atoms with Crippen molar-refractivity contribution in [2.24, 2.45) is 0 Å². The van der Waals surface area contributed by atoms with E-state index in [9.17, 15) is 4.79 Å². The number of methoxy groups -OCH3 is 1. The molecule has 0 fully saturated rings. The molecule has 0 spiro atoms. The second kappa shape index (κ2) is 6.35. The third kappa shape index (κ3) is 3.37. The number of nitrogens with zero attached hydrogens (tertiary/aromatic N) is 2. The molecule has 0 aliphatic carbocycles. The highest BCUT2D eigenvalue weighted by Gasteiger charge is 2.13. The lowest BCUT2D eigenvalue weighted by atomic mass is 10.1. The van der Waals surface area contributed by atoms with Crippen LogP contribution in [0.1, 0.15) is 23.4 Å². The van der Waals surface area contributed by atoms with Crippen molar-refractivity contribution < 1.29 is 14.6 Å². The van der Waals surface area contributed by atoms with Crippen LogP contribution < -0.4 is 4.74 Å². The number of aryl methyl sites for hydroxylation is 2. The zero-order valence-corrected chi connectivity index (χ0v) is 12.4. The van der Waals surface area contributed by atoms with Gasteiger partial charge in [-0.2, -0.15) is 0 Å². The summed E-state index contributed by atoms with van der Waals surface area (Å²) in [5.41, 5.74) is 3.35. The number of carbonyl (C=O) groups is 1. The van der Waals surface area contributed by atoms with E-state index in [0.29, 0.717) is 12.2 Å². The smallest absolute Gasteiger partial charge is 0.303 e. The third-order valence-corrected chi connectivity index (χ3v) is 3.36. The molecule has 0 amide bonds. The second-order valence-electron chi connectivity index (χ2n) is 4.79. The Balaban J connectivity index is 2.42. The number of hydrogen-bond donors (Lipinski definition) is 1. The molecule has 0 bridgehead atoms. The first-order valence-corrected chi connectivity index (χ1v) is 6.72. The van der Waals surface area contributed by atoms with Gasteiger partial charge in [0, 0.05) is 17.8 Å². The summed E-state index contributed by atoms with van der Waals surface area (Å²) in [5, 5.41) is 8.80. The van der Waals surface area contributed by atoms with Crippen LogP contribution in [0.25, 0.3) is 11.4 Å². The molecule has 5 nitrogen and oxygen atoms in total. The Morgan fingerprint density at radius 1 is 1.19 bits per heavy atom. The Morgan fingerprint density at radius 2 is 1.81 bits per heavy atom. The maximum absolute atomic E-state index is 10.7. The third-order valence-electron chi connectivity index (χ3n) is 3.36. The van der Waals surface area contributed by atoms with Crippen molar-refractivity contribution in [3.8, 4) is 17.1 Å². The fourth-order valence-corrected chi connectivity index (χ4v) is 2.28. The first-order chi connectivity index (χ1) is 10.0. The molecule has 0 atom stereocenters. The molecule has 0 radical (unpaired) electrons. The lowest BCUT2D eigenvalue weighted by Gasteiger charge is -2.12. The Labute approximate surface area is 123 Å². The summed E-state index contributed by atoms with van der Waals surface area (Å²) in [7, 11) is 1.61. The van der Waals surface area contributed by atoms with Crippen molar-refractivity contribution in [1.29, 1.82) is 0 Å². The molecule has 0 saturated carbocycles. The summed E-state index contributed by atoms with van der Waals surface area (Å²) in [4.78, 5) is 19.7. The van der Waals surface area contributed by atoms with Crippen LogP contribution in [0, 0.1) is 13.8 Å². The average molecular weight is 286 g/mol. The van der Waals surface area contributed by atoms with Gasteiger partial charge in [-0.05, 0) is 38.0 Å². The summed E-state index contributed by atoms with van der Waals surface area (Å²) in [6.45, 7) is 3.76. The van der Waals surface area contributed by atoms with Gasteiger partial charge in [-0.3, -0.25) is 4.79 Å². The Bertz CT molecular complexity index is 645. The van der Waals surface area contributed by atoms with Crippen LogP contribution in [-0.2, 0) is 11.2 Å². The average Bonchev–Trinajstić information content (AvgIpc) is 2.45. The number of para-hydroxylation sites is 1. The zero-order chi connectivity index (χ0) is 15.4. The molecule has 0 aliphatic heterocycles. The summed E-state index contributed by atoms with van der Waals surface area (Å²) in [5.74, 6) is 0.499. The van der Waals surface area contributed by atoms with Gasteiger partial charge >= 0.3 is 5.97 Å². The minimum atomic E-state index is -0.817. The summed E-state index contributed by atoms with van der Waals surface area (Å²) in [6, 6.07) is 7.57. The SMILES string of the molecule is COc1ccccc1-c1nc(C)c(CCC(=O)O)c(C)n1. The van der Waals surface area contributed by atoms with E-state index in [-0.39, 0.29) is 6.42 Å². The van der Waals surface area contributed by atoms with Crippen molar-refractivity contribution in [1.82, 2.24) is 9.97 Å². The van der Waals surface area contributed by atoms with Crippen LogP contribution in [0.5, 0.6) is 5.75 Å². The van der Waals surface area contributed by atoms with Gasteiger partial charge in [-0.15, -0.1) is 0 Å². The Morgan fingerprint density at radius 3 is 2.38 bits per heavy atom. The predicted molar refractivity (Wildman–Crippen MR) is 79.5 cm³/mol. The number of aromatic nitrogens is 2. The van der Waals surface area contributed by atoms with Crippen LogP contribution in [0.3, 0.4) is 0 Å². The lowest BCUT2D eigenvalue weighted by molar-refractivity contribution is -0.136. The fraction of sp³-hybridized carbons (Fsp3) is 0.312. The quantitative estimate of drug-likeness (QED) is 0.915. The van der Waals surface area contributed by atoms with E-state index in [1.807, 2.05) is 38.1 Å².